The third-order valence-corrected chi connectivity index (χ3v) is 5.33. The highest BCUT2D eigenvalue weighted by atomic mass is 16.5. The average molecular weight is 442 g/mol. The maximum absolute atomic E-state index is 12.3. The number of nitrogens with zero attached hydrogens (tertiary/aromatic N) is 4. The number of fused-ring (bicyclic) bond motifs is 3. The highest BCUT2D eigenvalue weighted by molar-refractivity contribution is 5.92. The predicted molar refractivity (Wildman–Crippen MR) is 121 cm³/mol. The van der Waals surface area contributed by atoms with Crippen molar-refractivity contribution in [3.05, 3.63) is 71.0 Å². The first-order valence-corrected chi connectivity index (χ1v) is 10.4. The van der Waals surface area contributed by atoms with E-state index in [0.29, 0.717) is 17.7 Å². The maximum atomic E-state index is 12.3. The van der Waals surface area contributed by atoms with E-state index in [1.54, 1.807) is 24.3 Å². The lowest BCUT2D eigenvalue weighted by Crippen LogP contribution is -2.44. The number of hydrazine groups is 1. The van der Waals surface area contributed by atoms with E-state index in [9.17, 15) is 9.59 Å². The summed E-state index contributed by atoms with van der Waals surface area (Å²) in [5, 5.41) is 14.7. The van der Waals surface area contributed by atoms with Gasteiger partial charge in [0.2, 0.25) is 5.91 Å². The number of amides is 2. The van der Waals surface area contributed by atoms with Gasteiger partial charge in [-0.25, -0.2) is 9.50 Å². The van der Waals surface area contributed by atoms with Crippen molar-refractivity contribution >= 4 is 28.4 Å². The van der Waals surface area contributed by atoms with E-state index in [2.05, 4.69) is 16.0 Å². The summed E-state index contributed by atoms with van der Waals surface area (Å²) in [4.78, 5) is 29.0. The summed E-state index contributed by atoms with van der Waals surface area (Å²) in [7, 11) is 0. The van der Waals surface area contributed by atoms with Crippen LogP contribution in [0.5, 0.6) is 5.75 Å². The molecule has 33 heavy (non-hydrogen) atoms. The van der Waals surface area contributed by atoms with Crippen molar-refractivity contribution in [3.63, 3.8) is 0 Å². The summed E-state index contributed by atoms with van der Waals surface area (Å²) in [5.74, 6) is -0.568. The van der Waals surface area contributed by atoms with Crippen LogP contribution in [0.2, 0.25) is 0 Å². The largest absolute Gasteiger partial charge is 0.482 e. The highest BCUT2D eigenvalue weighted by Crippen LogP contribution is 2.23. The Morgan fingerprint density at radius 3 is 2.61 bits per heavy atom. The van der Waals surface area contributed by atoms with Crippen LogP contribution >= 0.6 is 0 Å². The van der Waals surface area contributed by atoms with E-state index < -0.39 is 5.91 Å². The molecule has 2 aromatic carbocycles. The molecule has 0 saturated heterocycles. The Morgan fingerprint density at radius 2 is 1.79 bits per heavy atom. The molecule has 166 valence electrons. The SMILES string of the molecule is Cc1nc2c3ccccc3nn2c(C)c1CCC(=O)NNC(=O)COc1ccccc1C#N. The van der Waals surface area contributed by atoms with Crippen molar-refractivity contribution < 1.29 is 14.3 Å². The number of benzene rings is 2. The van der Waals surface area contributed by atoms with Gasteiger partial charge in [-0.3, -0.25) is 20.4 Å². The molecule has 0 saturated carbocycles. The first-order valence-electron chi connectivity index (χ1n) is 10.4. The second-order valence-electron chi connectivity index (χ2n) is 7.51. The van der Waals surface area contributed by atoms with E-state index in [0.717, 1.165) is 33.5 Å². The second-order valence-corrected chi connectivity index (χ2v) is 7.51. The zero-order valence-corrected chi connectivity index (χ0v) is 18.3. The molecule has 0 unspecified atom stereocenters. The number of rotatable bonds is 6. The van der Waals surface area contributed by atoms with Crippen LogP contribution < -0.4 is 15.6 Å². The van der Waals surface area contributed by atoms with Gasteiger partial charge < -0.3 is 4.74 Å². The molecule has 9 heteroatoms. The molecular formula is C24H22N6O3. The minimum atomic E-state index is -0.533. The van der Waals surface area contributed by atoms with Crippen molar-refractivity contribution in [2.24, 2.45) is 0 Å². The molecule has 0 aliphatic heterocycles. The van der Waals surface area contributed by atoms with Gasteiger partial charge in [0.1, 0.15) is 11.8 Å². The van der Waals surface area contributed by atoms with Crippen molar-refractivity contribution in [1.29, 1.82) is 5.26 Å². The number of nitriles is 1. The lowest BCUT2D eigenvalue weighted by atomic mass is 10.1. The van der Waals surface area contributed by atoms with Gasteiger partial charge in [-0.1, -0.05) is 24.3 Å². The maximum Gasteiger partial charge on any atom is 0.276 e. The molecular weight excluding hydrogens is 420 g/mol. The van der Waals surface area contributed by atoms with Crippen LogP contribution in [0.4, 0.5) is 0 Å². The number of para-hydroxylation sites is 1. The van der Waals surface area contributed by atoms with Gasteiger partial charge in [0.05, 0.1) is 11.1 Å². The summed E-state index contributed by atoms with van der Waals surface area (Å²) in [6.45, 7) is 3.55. The van der Waals surface area contributed by atoms with Crippen LogP contribution in [0, 0.1) is 25.2 Å². The Morgan fingerprint density at radius 1 is 1.06 bits per heavy atom. The van der Waals surface area contributed by atoms with E-state index in [4.69, 9.17) is 15.0 Å². The van der Waals surface area contributed by atoms with E-state index in [-0.39, 0.29) is 18.9 Å². The van der Waals surface area contributed by atoms with Crippen LogP contribution in [0.25, 0.3) is 16.6 Å². The molecule has 2 aromatic heterocycles. The quantitative estimate of drug-likeness (QED) is 0.443. The van der Waals surface area contributed by atoms with Crippen molar-refractivity contribution in [1.82, 2.24) is 25.4 Å². The zero-order valence-electron chi connectivity index (χ0n) is 18.3. The van der Waals surface area contributed by atoms with Crippen molar-refractivity contribution in [2.45, 2.75) is 26.7 Å². The highest BCUT2D eigenvalue weighted by Gasteiger charge is 2.15. The molecule has 2 N–H and O–H groups in total. The molecule has 4 rings (SSSR count). The third kappa shape index (κ3) is 4.60. The summed E-state index contributed by atoms with van der Waals surface area (Å²) in [6.07, 6.45) is 0.610. The predicted octanol–water partition coefficient (Wildman–Crippen LogP) is 2.53. The Balaban J connectivity index is 1.33. The second kappa shape index (κ2) is 9.36. The van der Waals surface area contributed by atoms with Crippen molar-refractivity contribution in [3.8, 4) is 11.8 Å². The van der Waals surface area contributed by atoms with Crippen LogP contribution in [0.1, 0.15) is 28.9 Å². The summed E-state index contributed by atoms with van der Waals surface area (Å²) >= 11 is 0. The van der Waals surface area contributed by atoms with Crippen molar-refractivity contribution in [2.75, 3.05) is 6.61 Å². The van der Waals surface area contributed by atoms with Gasteiger partial charge in [0.25, 0.3) is 5.91 Å². The molecule has 2 heterocycles. The summed E-state index contributed by atoms with van der Waals surface area (Å²) in [5.41, 5.74) is 9.40. The number of carbonyl (C=O) groups excluding carboxylic acids is 2. The molecule has 0 aliphatic rings. The van der Waals surface area contributed by atoms with Gasteiger partial charge in [-0.2, -0.15) is 10.4 Å². The fourth-order valence-corrected chi connectivity index (χ4v) is 3.64. The Labute approximate surface area is 190 Å². The Kier molecular flexibility index (Phi) is 6.17. The van der Waals surface area contributed by atoms with Crippen LogP contribution in [-0.2, 0) is 16.0 Å². The molecule has 0 atom stereocenters. The molecule has 9 nitrogen and oxygen atoms in total. The lowest BCUT2D eigenvalue weighted by molar-refractivity contribution is -0.130. The number of hydrogen-bond acceptors (Lipinski definition) is 6. The Bertz CT molecular complexity index is 1400. The summed E-state index contributed by atoms with van der Waals surface area (Å²) in [6, 6.07) is 16.4. The number of ether oxygens (including phenoxy) is 1. The average Bonchev–Trinajstić information content (AvgIpc) is 3.20. The number of carbonyl (C=O) groups is 2. The molecule has 0 spiro atoms. The topological polar surface area (TPSA) is 121 Å². The molecule has 0 bridgehead atoms. The van der Waals surface area contributed by atoms with Gasteiger partial charge in [-0.15, -0.1) is 0 Å². The number of nitrogens with one attached hydrogen (secondary N) is 2. The lowest BCUT2D eigenvalue weighted by Gasteiger charge is -2.12. The normalized spacial score (nSPS) is 10.7. The van der Waals surface area contributed by atoms with Crippen LogP contribution in [0.15, 0.2) is 48.5 Å². The fraction of sp³-hybridized carbons (Fsp3) is 0.208. The molecule has 0 fully saturated rings. The third-order valence-electron chi connectivity index (χ3n) is 5.33. The van der Waals surface area contributed by atoms with Crippen LogP contribution in [-0.4, -0.2) is 33.0 Å². The Hall–Kier alpha value is -4.45. The zero-order chi connectivity index (χ0) is 23.4. The smallest absolute Gasteiger partial charge is 0.276 e. The minimum absolute atomic E-state index is 0.161. The first-order chi connectivity index (χ1) is 16.0. The van der Waals surface area contributed by atoms with E-state index >= 15 is 0 Å². The molecule has 0 aliphatic carbocycles. The molecule has 4 aromatic rings. The minimum Gasteiger partial charge on any atom is -0.482 e. The molecule has 0 radical (unpaired) electrons. The first kappa shape index (κ1) is 21.8. The number of aromatic nitrogens is 3. The van der Waals surface area contributed by atoms with Gasteiger partial charge >= 0.3 is 0 Å². The van der Waals surface area contributed by atoms with E-state index in [1.165, 1.54) is 0 Å². The number of hydrogen-bond donors (Lipinski definition) is 2. The summed E-state index contributed by atoms with van der Waals surface area (Å²) < 4.78 is 7.15. The van der Waals surface area contributed by atoms with Gasteiger partial charge in [0.15, 0.2) is 12.3 Å². The standard InChI is InChI=1S/C24H22N6O3/c1-15-18(16(2)30-24(26-15)19-8-4-5-9-20(19)29-30)11-12-22(31)27-28-23(32)14-33-21-10-6-3-7-17(21)13-25/h3-10H,11-12,14H2,1-2H3,(H,27,31)(H,28,32). The molecule has 2 amide bonds. The van der Waals surface area contributed by atoms with E-state index in [1.807, 2.05) is 48.7 Å². The van der Waals surface area contributed by atoms with Gasteiger partial charge in [0, 0.05) is 23.2 Å². The number of aryl methyl sites for hydroxylation is 2. The van der Waals surface area contributed by atoms with Crippen LogP contribution in [0.3, 0.4) is 0 Å². The van der Waals surface area contributed by atoms with Gasteiger partial charge in [-0.05, 0) is 50.1 Å². The monoisotopic (exact) mass is 442 g/mol. The fourth-order valence-electron chi connectivity index (χ4n) is 3.64.